The second kappa shape index (κ2) is 3.44. The van der Waals surface area contributed by atoms with E-state index in [9.17, 15) is 0 Å². The number of nitrogens with zero attached hydrogens (tertiary/aromatic N) is 3. The normalized spacial score (nSPS) is 22.1. The fourth-order valence-electron chi connectivity index (χ4n) is 2.73. The Hall–Kier alpha value is -1.12. The molecule has 0 amide bonds. The van der Waals surface area contributed by atoms with Crippen LogP contribution in [0.25, 0.3) is 0 Å². The summed E-state index contributed by atoms with van der Waals surface area (Å²) >= 11 is 0. The van der Waals surface area contributed by atoms with E-state index in [1.54, 1.807) is 0 Å². The molecule has 0 atom stereocenters. The van der Waals surface area contributed by atoms with Crippen molar-refractivity contribution in [2.75, 3.05) is 18.0 Å². The molecule has 1 aromatic rings. The molecule has 1 saturated heterocycles. The summed E-state index contributed by atoms with van der Waals surface area (Å²) < 4.78 is 0. The number of hydrogen-bond acceptors (Lipinski definition) is 3. The first-order chi connectivity index (χ1) is 7.69. The molecule has 1 spiro atoms. The fourth-order valence-corrected chi connectivity index (χ4v) is 2.73. The maximum Gasteiger partial charge on any atom is 0.225 e. The summed E-state index contributed by atoms with van der Waals surface area (Å²) in [5, 5.41) is 0. The van der Waals surface area contributed by atoms with Gasteiger partial charge < -0.3 is 4.90 Å². The Bertz CT molecular complexity index is 388. The monoisotopic (exact) mass is 217 g/mol. The van der Waals surface area contributed by atoms with Gasteiger partial charge in [-0.15, -0.1) is 0 Å². The van der Waals surface area contributed by atoms with Gasteiger partial charge in [-0.1, -0.05) is 20.3 Å². The molecule has 2 heterocycles. The van der Waals surface area contributed by atoms with Crippen LogP contribution in [0.15, 0.2) is 12.3 Å². The van der Waals surface area contributed by atoms with E-state index < -0.39 is 0 Å². The topological polar surface area (TPSA) is 29.0 Å². The van der Waals surface area contributed by atoms with Crippen molar-refractivity contribution in [1.82, 2.24) is 9.97 Å². The Labute approximate surface area is 96.9 Å². The van der Waals surface area contributed by atoms with Crippen molar-refractivity contribution >= 4 is 5.95 Å². The molecule has 2 aliphatic rings. The second-order valence-corrected chi connectivity index (χ2v) is 5.65. The van der Waals surface area contributed by atoms with E-state index >= 15 is 0 Å². The highest BCUT2D eigenvalue weighted by molar-refractivity contribution is 5.37. The average molecular weight is 217 g/mol. The van der Waals surface area contributed by atoms with E-state index in [0.717, 1.165) is 11.6 Å². The van der Waals surface area contributed by atoms with Gasteiger partial charge in [0.1, 0.15) is 0 Å². The molecule has 0 bridgehead atoms. The quantitative estimate of drug-likeness (QED) is 0.762. The highest BCUT2D eigenvalue weighted by Gasteiger charge is 2.48. The van der Waals surface area contributed by atoms with E-state index in [2.05, 4.69) is 28.7 Å². The number of rotatable bonds is 2. The van der Waals surface area contributed by atoms with Crippen molar-refractivity contribution in [2.24, 2.45) is 5.41 Å². The van der Waals surface area contributed by atoms with Gasteiger partial charge >= 0.3 is 0 Å². The van der Waals surface area contributed by atoms with Crippen molar-refractivity contribution in [3.8, 4) is 0 Å². The van der Waals surface area contributed by atoms with Gasteiger partial charge in [0.25, 0.3) is 0 Å². The second-order valence-electron chi connectivity index (χ2n) is 5.65. The van der Waals surface area contributed by atoms with Crippen molar-refractivity contribution in [2.45, 2.75) is 39.0 Å². The van der Waals surface area contributed by atoms with Crippen LogP contribution in [0.2, 0.25) is 0 Å². The summed E-state index contributed by atoms with van der Waals surface area (Å²) in [6, 6.07) is 2.02. The first kappa shape index (κ1) is 10.1. The molecule has 3 nitrogen and oxygen atoms in total. The Balaban J connectivity index is 1.73. The fraction of sp³-hybridized carbons (Fsp3) is 0.692. The van der Waals surface area contributed by atoms with Crippen LogP contribution in [0.4, 0.5) is 5.95 Å². The Morgan fingerprint density at radius 1 is 1.31 bits per heavy atom. The largest absolute Gasteiger partial charge is 0.340 e. The highest BCUT2D eigenvalue weighted by atomic mass is 15.3. The maximum absolute atomic E-state index is 4.63. The molecule has 0 aromatic carbocycles. The lowest BCUT2D eigenvalue weighted by atomic mass is 9.64. The zero-order valence-corrected chi connectivity index (χ0v) is 10.1. The molecule has 1 aromatic heterocycles. The van der Waals surface area contributed by atoms with E-state index in [1.165, 1.54) is 32.4 Å². The first-order valence-electron chi connectivity index (χ1n) is 6.26. The van der Waals surface area contributed by atoms with Crippen LogP contribution in [0.1, 0.15) is 44.7 Å². The van der Waals surface area contributed by atoms with Crippen LogP contribution >= 0.6 is 0 Å². The summed E-state index contributed by atoms with van der Waals surface area (Å²) in [6.45, 7) is 6.70. The lowest BCUT2D eigenvalue weighted by Gasteiger charge is -2.55. The zero-order valence-electron chi connectivity index (χ0n) is 10.1. The molecule has 86 valence electrons. The molecule has 0 radical (unpaired) electrons. The van der Waals surface area contributed by atoms with Crippen LogP contribution < -0.4 is 4.90 Å². The molecule has 1 saturated carbocycles. The zero-order chi connectivity index (χ0) is 11.2. The summed E-state index contributed by atoms with van der Waals surface area (Å²) in [4.78, 5) is 11.3. The van der Waals surface area contributed by atoms with Crippen LogP contribution in [0.3, 0.4) is 0 Å². The van der Waals surface area contributed by atoms with Crippen LogP contribution in [-0.2, 0) is 0 Å². The number of hydrogen-bond donors (Lipinski definition) is 0. The summed E-state index contributed by atoms with van der Waals surface area (Å²) in [5.74, 6) is 1.42. The van der Waals surface area contributed by atoms with Crippen LogP contribution in [0, 0.1) is 5.41 Å². The third-order valence-corrected chi connectivity index (χ3v) is 4.01. The SMILES string of the molecule is CC(C)c1ccnc(N2CC3(CCC3)C2)n1. The Kier molecular flexibility index (Phi) is 2.16. The highest BCUT2D eigenvalue weighted by Crippen LogP contribution is 2.48. The van der Waals surface area contributed by atoms with Crippen LogP contribution in [-0.4, -0.2) is 23.1 Å². The van der Waals surface area contributed by atoms with Gasteiger partial charge in [0.2, 0.25) is 5.95 Å². The van der Waals surface area contributed by atoms with Crippen molar-refractivity contribution in [1.29, 1.82) is 0 Å². The smallest absolute Gasteiger partial charge is 0.225 e. The molecule has 2 fully saturated rings. The average Bonchev–Trinajstić information content (AvgIpc) is 2.14. The van der Waals surface area contributed by atoms with Crippen molar-refractivity contribution in [3.63, 3.8) is 0 Å². The standard InChI is InChI=1S/C13H19N3/c1-10(2)11-4-7-14-12(15-11)16-8-13(9-16)5-3-6-13/h4,7,10H,3,5-6,8-9H2,1-2H3. The molecule has 1 aliphatic carbocycles. The van der Waals surface area contributed by atoms with Gasteiger partial charge in [-0.25, -0.2) is 9.97 Å². The van der Waals surface area contributed by atoms with E-state index in [0.29, 0.717) is 11.3 Å². The Morgan fingerprint density at radius 2 is 2.06 bits per heavy atom. The minimum atomic E-state index is 0.487. The van der Waals surface area contributed by atoms with E-state index in [1.807, 2.05) is 12.3 Å². The first-order valence-corrected chi connectivity index (χ1v) is 6.26. The lowest BCUT2D eigenvalue weighted by molar-refractivity contribution is 0.0887. The van der Waals surface area contributed by atoms with Crippen LogP contribution in [0.5, 0.6) is 0 Å². The van der Waals surface area contributed by atoms with Gasteiger partial charge in [-0.2, -0.15) is 0 Å². The molecule has 16 heavy (non-hydrogen) atoms. The van der Waals surface area contributed by atoms with Gasteiger partial charge in [0, 0.05) is 30.4 Å². The third kappa shape index (κ3) is 1.49. The number of anilines is 1. The van der Waals surface area contributed by atoms with Crippen molar-refractivity contribution < 1.29 is 0 Å². The van der Waals surface area contributed by atoms with Gasteiger partial charge in [0.15, 0.2) is 0 Å². The molecular weight excluding hydrogens is 198 g/mol. The Morgan fingerprint density at radius 3 is 2.62 bits per heavy atom. The molecule has 3 rings (SSSR count). The summed E-state index contributed by atoms with van der Waals surface area (Å²) in [6.07, 6.45) is 6.13. The summed E-state index contributed by atoms with van der Waals surface area (Å²) in [5.41, 5.74) is 1.80. The number of aromatic nitrogens is 2. The lowest BCUT2D eigenvalue weighted by Crippen LogP contribution is -2.60. The molecular formula is C13H19N3. The van der Waals surface area contributed by atoms with Gasteiger partial charge in [-0.05, 0) is 24.8 Å². The minimum absolute atomic E-state index is 0.487. The predicted octanol–water partition coefficient (Wildman–Crippen LogP) is 2.59. The molecule has 1 aliphatic heterocycles. The summed E-state index contributed by atoms with van der Waals surface area (Å²) in [7, 11) is 0. The molecule has 0 N–H and O–H groups in total. The van der Waals surface area contributed by atoms with Gasteiger partial charge in [0.05, 0.1) is 0 Å². The maximum atomic E-state index is 4.63. The molecule has 0 unspecified atom stereocenters. The minimum Gasteiger partial charge on any atom is -0.340 e. The predicted molar refractivity (Wildman–Crippen MR) is 64.6 cm³/mol. The van der Waals surface area contributed by atoms with Gasteiger partial charge in [-0.3, -0.25) is 0 Å². The third-order valence-electron chi connectivity index (χ3n) is 4.01. The van der Waals surface area contributed by atoms with E-state index in [-0.39, 0.29) is 0 Å². The molecule has 3 heteroatoms. The van der Waals surface area contributed by atoms with Crippen molar-refractivity contribution in [3.05, 3.63) is 18.0 Å². The van der Waals surface area contributed by atoms with E-state index in [4.69, 9.17) is 0 Å².